The summed E-state index contributed by atoms with van der Waals surface area (Å²) in [4.78, 5) is 28.2. The molecule has 3 aromatic carbocycles. The van der Waals surface area contributed by atoms with Crippen molar-refractivity contribution < 1.29 is 22.7 Å². The van der Waals surface area contributed by atoms with E-state index in [-0.39, 0.29) is 23.0 Å². The van der Waals surface area contributed by atoms with E-state index in [0.717, 1.165) is 16.3 Å². The van der Waals surface area contributed by atoms with Crippen molar-refractivity contribution in [3.63, 3.8) is 0 Å². The number of methoxy groups -OCH3 is 1. The maximum atomic E-state index is 13.9. The van der Waals surface area contributed by atoms with Crippen LogP contribution >= 0.6 is 11.6 Å². The second-order valence-electron chi connectivity index (χ2n) is 9.14. The van der Waals surface area contributed by atoms with E-state index < -0.39 is 28.5 Å². The summed E-state index contributed by atoms with van der Waals surface area (Å²) in [5, 5.41) is 3.31. The van der Waals surface area contributed by atoms with Gasteiger partial charge in [-0.25, -0.2) is 8.42 Å². The molecule has 0 saturated heterocycles. The number of carbonyl (C=O) groups is 2. The van der Waals surface area contributed by atoms with Crippen molar-refractivity contribution in [1.29, 1.82) is 0 Å². The summed E-state index contributed by atoms with van der Waals surface area (Å²) in [6.07, 6.45) is 0.737. The molecule has 0 bridgehead atoms. The van der Waals surface area contributed by atoms with Crippen molar-refractivity contribution in [3.8, 4) is 5.75 Å². The van der Waals surface area contributed by atoms with Crippen LogP contribution in [0.5, 0.6) is 5.75 Å². The summed E-state index contributed by atoms with van der Waals surface area (Å²) in [6, 6.07) is 19.0. The summed E-state index contributed by atoms with van der Waals surface area (Å²) >= 11 is 6.17. The first-order valence-corrected chi connectivity index (χ1v) is 14.4. The van der Waals surface area contributed by atoms with Crippen LogP contribution in [0.2, 0.25) is 5.02 Å². The van der Waals surface area contributed by atoms with Crippen molar-refractivity contribution >= 4 is 39.1 Å². The SMILES string of the molecule is CCCNC(=O)[C@H](C)N(Cc1cccc(Cl)c1)C(=O)CN(c1ccc(OC)cc1)S(=O)(=O)c1ccc(C)cc1. The zero-order valence-corrected chi connectivity index (χ0v) is 24.1. The monoisotopic (exact) mass is 571 g/mol. The van der Waals surface area contributed by atoms with Gasteiger partial charge >= 0.3 is 0 Å². The summed E-state index contributed by atoms with van der Waals surface area (Å²) in [5.41, 5.74) is 1.90. The Hall–Kier alpha value is -3.56. The summed E-state index contributed by atoms with van der Waals surface area (Å²) in [6.45, 7) is 5.43. The third-order valence-corrected chi connectivity index (χ3v) is 8.23. The van der Waals surface area contributed by atoms with E-state index in [1.165, 1.54) is 24.1 Å². The van der Waals surface area contributed by atoms with Gasteiger partial charge in [0.25, 0.3) is 10.0 Å². The molecule has 1 atom stereocenters. The first kappa shape index (κ1) is 30.0. The zero-order valence-electron chi connectivity index (χ0n) is 22.6. The third-order valence-electron chi connectivity index (χ3n) is 6.21. The Morgan fingerprint density at radius 3 is 2.28 bits per heavy atom. The zero-order chi connectivity index (χ0) is 28.6. The average molecular weight is 572 g/mol. The molecule has 39 heavy (non-hydrogen) atoms. The smallest absolute Gasteiger partial charge is 0.264 e. The fourth-order valence-corrected chi connectivity index (χ4v) is 5.55. The van der Waals surface area contributed by atoms with Crippen LogP contribution in [0.3, 0.4) is 0 Å². The van der Waals surface area contributed by atoms with E-state index in [0.29, 0.717) is 22.9 Å². The molecular formula is C29H34ClN3O5S. The number of aryl methyl sites for hydroxylation is 1. The molecule has 2 amide bonds. The number of ether oxygens (including phenoxy) is 1. The summed E-state index contributed by atoms with van der Waals surface area (Å²) in [5.74, 6) is -0.327. The first-order valence-electron chi connectivity index (χ1n) is 12.6. The number of nitrogens with one attached hydrogen (secondary N) is 1. The molecular weight excluding hydrogens is 538 g/mol. The van der Waals surface area contributed by atoms with E-state index in [4.69, 9.17) is 16.3 Å². The van der Waals surface area contributed by atoms with Crippen molar-refractivity contribution in [2.75, 3.05) is 24.5 Å². The van der Waals surface area contributed by atoms with Crippen LogP contribution in [0.25, 0.3) is 0 Å². The minimum Gasteiger partial charge on any atom is -0.497 e. The minimum atomic E-state index is -4.14. The Labute approximate surface area is 235 Å². The largest absolute Gasteiger partial charge is 0.497 e. The fraction of sp³-hybridized carbons (Fsp3) is 0.310. The normalized spacial score (nSPS) is 11.9. The van der Waals surface area contributed by atoms with E-state index in [9.17, 15) is 18.0 Å². The lowest BCUT2D eigenvalue weighted by atomic mass is 10.1. The number of amides is 2. The van der Waals surface area contributed by atoms with Gasteiger partial charge < -0.3 is 15.0 Å². The molecule has 0 fully saturated rings. The number of sulfonamides is 1. The fourth-order valence-electron chi connectivity index (χ4n) is 3.93. The number of nitrogens with zero attached hydrogens (tertiary/aromatic N) is 2. The Kier molecular flexibility index (Phi) is 10.4. The predicted octanol–water partition coefficient (Wildman–Crippen LogP) is 4.80. The number of rotatable bonds is 12. The van der Waals surface area contributed by atoms with Gasteiger partial charge in [-0.05, 0) is 74.4 Å². The molecule has 0 heterocycles. The number of hydrogen-bond donors (Lipinski definition) is 1. The molecule has 0 aliphatic rings. The topological polar surface area (TPSA) is 96.0 Å². The highest BCUT2D eigenvalue weighted by Crippen LogP contribution is 2.27. The van der Waals surface area contributed by atoms with Crippen LogP contribution in [-0.4, -0.2) is 51.4 Å². The number of carbonyl (C=O) groups excluding carboxylic acids is 2. The Bertz CT molecular complexity index is 1380. The lowest BCUT2D eigenvalue weighted by molar-refractivity contribution is -0.139. The van der Waals surface area contributed by atoms with Gasteiger partial charge in [0.2, 0.25) is 11.8 Å². The molecule has 0 spiro atoms. The van der Waals surface area contributed by atoms with Crippen LogP contribution in [-0.2, 0) is 26.2 Å². The van der Waals surface area contributed by atoms with Crippen LogP contribution in [0.1, 0.15) is 31.4 Å². The number of halogens is 1. The molecule has 3 aromatic rings. The minimum absolute atomic E-state index is 0.0480. The molecule has 10 heteroatoms. The first-order chi connectivity index (χ1) is 18.6. The van der Waals surface area contributed by atoms with Crippen LogP contribution < -0.4 is 14.4 Å². The van der Waals surface area contributed by atoms with Gasteiger partial charge in [0.05, 0.1) is 17.7 Å². The van der Waals surface area contributed by atoms with Gasteiger partial charge in [-0.1, -0.05) is 48.4 Å². The molecule has 1 N–H and O–H groups in total. The molecule has 0 unspecified atom stereocenters. The Morgan fingerprint density at radius 1 is 1.03 bits per heavy atom. The van der Waals surface area contributed by atoms with Crippen molar-refractivity contribution in [1.82, 2.24) is 10.2 Å². The van der Waals surface area contributed by atoms with Gasteiger partial charge in [0, 0.05) is 18.1 Å². The lowest BCUT2D eigenvalue weighted by Crippen LogP contribution is -2.51. The maximum absolute atomic E-state index is 13.9. The molecule has 0 aliphatic carbocycles. The van der Waals surface area contributed by atoms with Gasteiger partial charge in [-0.2, -0.15) is 0 Å². The van der Waals surface area contributed by atoms with E-state index in [1.807, 2.05) is 13.8 Å². The van der Waals surface area contributed by atoms with Crippen LogP contribution in [0.4, 0.5) is 5.69 Å². The summed E-state index contributed by atoms with van der Waals surface area (Å²) < 4.78 is 33.9. The van der Waals surface area contributed by atoms with E-state index in [1.54, 1.807) is 67.6 Å². The second kappa shape index (κ2) is 13.5. The lowest BCUT2D eigenvalue weighted by Gasteiger charge is -2.32. The van der Waals surface area contributed by atoms with Crippen LogP contribution in [0.15, 0.2) is 77.7 Å². The van der Waals surface area contributed by atoms with Gasteiger partial charge in [-0.3, -0.25) is 13.9 Å². The van der Waals surface area contributed by atoms with E-state index in [2.05, 4.69) is 5.32 Å². The highest BCUT2D eigenvalue weighted by atomic mass is 35.5. The molecule has 0 aromatic heterocycles. The Balaban J connectivity index is 2.02. The standard InChI is InChI=1S/C29H34ClN3O5S/c1-5-17-31-29(35)22(3)32(19-23-7-6-8-24(30)18-23)28(34)20-33(25-11-13-26(38-4)14-12-25)39(36,37)27-15-9-21(2)10-16-27/h6-16,18,22H,5,17,19-20H2,1-4H3,(H,31,35)/t22-/m0/s1. The number of benzene rings is 3. The van der Waals surface area contributed by atoms with Gasteiger partial charge in [0.15, 0.2) is 0 Å². The molecule has 3 rings (SSSR count). The third kappa shape index (κ3) is 7.74. The quantitative estimate of drug-likeness (QED) is 0.337. The average Bonchev–Trinajstić information content (AvgIpc) is 2.93. The molecule has 0 saturated carbocycles. The highest BCUT2D eigenvalue weighted by Gasteiger charge is 2.32. The van der Waals surface area contributed by atoms with Crippen molar-refractivity contribution in [2.24, 2.45) is 0 Å². The molecule has 0 radical (unpaired) electrons. The maximum Gasteiger partial charge on any atom is 0.264 e. The summed E-state index contributed by atoms with van der Waals surface area (Å²) in [7, 11) is -2.62. The van der Waals surface area contributed by atoms with E-state index >= 15 is 0 Å². The number of anilines is 1. The molecule has 8 nitrogen and oxygen atoms in total. The van der Waals surface area contributed by atoms with Gasteiger partial charge in [-0.15, -0.1) is 0 Å². The number of hydrogen-bond acceptors (Lipinski definition) is 5. The second-order valence-corrected chi connectivity index (χ2v) is 11.4. The Morgan fingerprint density at radius 2 is 1.69 bits per heavy atom. The molecule has 0 aliphatic heterocycles. The van der Waals surface area contributed by atoms with Crippen molar-refractivity contribution in [2.45, 2.75) is 44.7 Å². The predicted molar refractivity (Wildman–Crippen MR) is 153 cm³/mol. The van der Waals surface area contributed by atoms with Crippen LogP contribution in [0, 0.1) is 6.92 Å². The highest BCUT2D eigenvalue weighted by molar-refractivity contribution is 7.92. The van der Waals surface area contributed by atoms with Gasteiger partial charge in [0.1, 0.15) is 18.3 Å². The molecule has 208 valence electrons. The van der Waals surface area contributed by atoms with Crippen molar-refractivity contribution in [3.05, 3.63) is 88.9 Å².